The molecule has 1 aromatic heterocycles. The van der Waals surface area contributed by atoms with Crippen molar-refractivity contribution in [1.82, 2.24) is 14.5 Å². The molecule has 0 aliphatic carbocycles. The van der Waals surface area contributed by atoms with Gasteiger partial charge in [0.2, 0.25) is 5.91 Å². The van der Waals surface area contributed by atoms with Crippen molar-refractivity contribution in [3.05, 3.63) is 59.4 Å². The van der Waals surface area contributed by atoms with Gasteiger partial charge in [0.25, 0.3) is 0 Å². The second-order valence-corrected chi connectivity index (χ2v) is 8.13. The molecule has 2 atom stereocenters. The maximum atomic E-state index is 13.1. The van der Waals surface area contributed by atoms with E-state index in [1.165, 1.54) is 6.42 Å². The molecule has 6 heteroatoms. The SMILES string of the molecule is CC(Oc1ccc(Cl)cc1)c1nc2ccccc2n1CC(=O)N1CCCCC1C. The first-order chi connectivity index (χ1) is 14.0. The summed E-state index contributed by atoms with van der Waals surface area (Å²) in [4.78, 5) is 19.9. The van der Waals surface area contributed by atoms with Crippen LogP contribution in [-0.4, -0.2) is 32.9 Å². The van der Waals surface area contributed by atoms with E-state index in [-0.39, 0.29) is 24.6 Å². The Morgan fingerprint density at radius 2 is 1.97 bits per heavy atom. The lowest BCUT2D eigenvalue weighted by molar-refractivity contribution is -0.135. The number of piperidine rings is 1. The molecule has 2 unspecified atom stereocenters. The third-order valence-corrected chi connectivity index (χ3v) is 5.84. The number of rotatable bonds is 5. The molecule has 0 spiro atoms. The highest BCUT2D eigenvalue weighted by atomic mass is 35.5. The molecule has 152 valence electrons. The summed E-state index contributed by atoms with van der Waals surface area (Å²) < 4.78 is 8.11. The molecule has 29 heavy (non-hydrogen) atoms. The topological polar surface area (TPSA) is 47.4 Å². The van der Waals surface area contributed by atoms with Crippen LogP contribution in [-0.2, 0) is 11.3 Å². The number of ether oxygens (including phenoxy) is 1. The van der Waals surface area contributed by atoms with Gasteiger partial charge in [-0.05, 0) is 69.5 Å². The Morgan fingerprint density at radius 1 is 1.21 bits per heavy atom. The summed E-state index contributed by atoms with van der Waals surface area (Å²) in [5.74, 6) is 1.61. The Bertz CT molecular complexity index is 999. The van der Waals surface area contributed by atoms with Gasteiger partial charge in [0.05, 0.1) is 11.0 Å². The fourth-order valence-electron chi connectivity index (χ4n) is 4.04. The maximum Gasteiger partial charge on any atom is 0.242 e. The first-order valence-electron chi connectivity index (χ1n) is 10.2. The Hall–Kier alpha value is -2.53. The number of carbonyl (C=O) groups excluding carboxylic acids is 1. The van der Waals surface area contributed by atoms with Gasteiger partial charge >= 0.3 is 0 Å². The lowest BCUT2D eigenvalue weighted by Crippen LogP contribution is -2.43. The van der Waals surface area contributed by atoms with Crippen LogP contribution in [0.2, 0.25) is 5.02 Å². The van der Waals surface area contributed by atoms with Gasteiger partial charge in [-0.15, -0.1) is 0 Å². The first-order valence-corrected chi connectivity index (χ1v) is 10.6. The number of imidazole rings is 1. The molecule has 1 saturated heterocycles. The van der Waals surface area contributed by atoms with E-state index in [1.807, 2.05) is 52.8 Å². The monoisotopic (exact) mass is 411 g/mol. The Labute approximate surface area is 176 Å². The van der Waals surface area contributed by atoms with Crippen molar-refractivity contribution < 1.29 is 9.53 Å². The van der Waals surface area contributed by atoms with Gasteiger partial charge in [0.1, 0.15) is 12.3 Å². The van der Waals surface area contributed by atoms with Crippen LogP contribution in [0.3, 0.4) is 0 Å². The molecule has 5 nitrogen and oxygen atoms in total. The van der Waals surface area contributed by atoms with Crippen molar-refractivity contribution in [2.45, 2.75) is 51.8 Å². The van der Waals surface area contributed by atoms with Crippen LogP contribution in [0.25, 0.3) is 11.0 Å². The predicted molar refractivity (Wildman–Crippen MR) is 115 cm³/mol. The minimum atomic E-state index is -0.310. The fraction of sp³-hybridized carbons (Fsp3) is 0.391. The average Bonchev–Trinajstić information content (AvgIpc) is 3.08. The lowest BCUT2D eigenvalue weighted by Gasteiger charge is -2.33. The molecule has 1 amide bonds. The number of nitrogens with zero attached hydrogens (tertiary/aromatic N) is 3. The highest BCUT2D eigenvalue weighted by Crippen LogP contribution is 2.27. The maximum absolute atomic E-state index is 13.1. The molecule has 0 saturated carbocycles. The summed E-state index contributed by atoms with van der Waals surface area (Å²) >= 11 is 5.97. The van der Waals surface area contributed by atoms with Gasteiger partial charge < -0.3 is 14.2 Å². The molecule has 2 heterocycles. The van der Waals surface area contributed by atoms with E-state index < -0.39 is 0 Å². The number of amides is 1. The number of aromatic nitrogens is 2. The van der Waals surface area contributed by atoms with Crippen LogP contribution >= 0.6 is 11.6 Å². The zero-order valence-electron chi connectivity index (χ0n) is 16.8. The number of benzene rings is 2. The van der Waals surface area contributed by atoms with Gasteiger partial charge in [0.15, 0.2) is 11.9 Å². The van der Waals surface area contributed by atoms with Crippen molar-refractivity contribution in [3.8, 4) is 5.75 Å². The van der Waals surface area contributed by atoms with Crippen molar-refractivity contribution in [1.29, 1.82) is 0 Å². The molecule has 0 bridgehead atoms. The minimum Gasteiger partial charge on any atom is -0.483 e. The van der Waals surface area contributed by atoms with E-state index in [2.05, 4.69) is 6.92 Å². The van der Waals surface area contributed by atoms with Crippen molar-refractivity contribution in [3.63, 3.8) is 0 Å². The molecule has 1 aliphatic rings. The number of hydrogen-bond donors (Lipinski definition) is 0. The second kappa shape index (κ2) is 8.46. The summed E-state index contributed by atoms with van der Waals surface area (Å²) in [5, 5.41) is 0.665. The summed E-state index contributed by atoms with van der Waals surface area (Å²) in [6, 6.07) is 15.5. The van der Waals surface area contributed by atoms with Gasteiger partial charge in [-0.2, -0.15) is 0 Å². The Balaban J connectivity index is 1.63. The zero-order chi connectivity index (χ0) is 20.4. The summed E-state index contributed by atoms with van der Waals surface area (Å²) in [6.07, 6.45) is 3.02. The minimum absolute atomic E-state index is 0.139. The number of hydrogen-bond acceptors (Lipinski definition) is 3. The molecule has 1 aliphatic heterocycles. The Kier molecular flexibility index (Phi) is 5.76. The molecule has 3 aromatic rings. The summed E-state index contributed by atoms with van der Waals surface area (Å²) in [6.45, 7) is 5.20. The molecule has 0 N–H and O–H groups in total. The molecular formula is C23H26ClN3O2. The van der Waals surface area contributed by atoms with Gasteiger partial charge in [-0.3, -0.25) is 4.79 Å². The number of halogens is 1. The first kappa shape index (κ1) is 19.8. The standard InChI is InChI=1S/C23H26ClN3O2/c1-16-7-5-6-14-26(16)22(28)15-27-21-9-4-3-8-20(21)25-23(27)17(2)29-19-12-10-18(24)11-13-19/h3-4,8-13,16-17H,5-7,14-15H2,1-2H3. The molecule has 2 aromatic carbocycles. The highest BCUT2D eigenvalue weighted by Gasteiger charge is 2.26. The van der Waals surface area contributed by atoms with Crippen molar-refractivity contribution in [2.75, 3.05) is 6.54 Å². The highest BCUT2D eigenvalue weighted by molar-refractivity contribution is 6.30. The van der Waals surface area contributed by atoms with Crippen molar-refractivity contribution in [2.24, 2.45) is 0 Å². The third kappa shape index (κ3) is 4.25. The van der Waals surface area contributed by atoms with Crippen molar-refractivity contribution >= 4 is 28.5 Å². The van der Waals surface area contributed by atoms with E-state index in [1.54, 1.807) is 12.1 Å². The third-order valence-electron chi connectivity index (χ3n) is 5.59. The smallest absolute Gasteiger partial charge is 0.242 e. The largest absolute Gasteiger partial charge is 0.483 e. The van der Waals surface area contributed by atoms with E-state index in [4.69, 9.17) is 21.3 Å². The van der Waals surface area contributed by atoms with Crippen LogP contribution in [0, 0.1) is 0 Å². The summed E-state index contributed by atoms with van der Waals surface area (Å²) in [5.41, 5.74) is 1.82. The van der Waals surface area contributed by atoms with E-state index in [0.29, 0.717) is 5.02 Å². The van der Waals surface area contributed by atoms with Crippen LogP contribution in [0.4, 0.5) is 0 Å². The second-order valence-electron chi connectivity index (χ2n) is 7.69. The molecule has 4 rings (SSSR count). The molecular weight excluding hydrogens is 386 g/mol. The number of fused-ring (bicyclic) bond motifs is 1. The van der Waals surface area contributed by atoms with Crippen LogP contribution < -0.4 is 4.74 Å². The van der Waals surface area contributed by atoms with Gasteiger partial charge in [0, 0.05) is 17.6 Å². The Morgan fingerprint density at radius 3 is 2.72 bits per heavy atom. The van der Waals surface area contributed by atoms with Crippen LogP contribution in [0.15, 0.2) is 48.5 Å². The zero-order valence-corrected chi connectivity index (χ0v) is 17.6. The van der Waals surface area contributed by atoms with E-state index in [9.17, 15) is 4.79 Å². The van der Waals surface area contributed by atoms with E-state index in [0.717, 1.165) is 42.0 Å². The predicted octanol–water partition coefficient (Wildman–Crippen LogP) is 5.23. The molecule has 0 radical (unpaired) electrons. The normalized spacial score (nSPS) is 18.0. The van der Waals surface area contributed by atoms with Gasteiger partial charge in [-0.1, -0.05) is 23.7 Å². The summed E-state index contributed by atoms with van der Waals surface area (Å²) in [7, 11) is 0. The fourth-order valence-corrected chi connectivity index (χ4v) is 4.16. The average molecular weight is 412 g/mol. The number of likely N-dealkylation sites (tertiary alicyclic amines) is 1. The van der Waals surface area contributed by atoms with Gasteiger partial charge in [-0.25, -0.2) is 4.98 Å². The quantitative estimate of drug-likeness (QED) is 0.577. The number of para-hydroxylation sites is 2. The number of carbonyl (C=O) groups is 1. The van der Waals surface area contributed by atoms with E-state index >= 15 is 0 Å². The lowest BCUT2D eigenvalue weighted by atomic mass is 10.0. The van der Waals surface area contributed by atoms with Crippen LogP contribution in [0.1, 0.15) is 45.0 Å². The van der Waals surface area contributed by atoms with Crippen LogP contribution in [0.5, 0.6) is 5.75 Å². The molecule has 1 fully saturated rings.